The molecule has 0 aliphatic heterocycles. The zero-order valence-corrected chi connectivity index (χ0v) is 12.0. The van der Waals surface area contributed by atoms with E-state index in [1.165, 1.54) is 30.7 Å². The van der Waals surface area contributed by atoms with Gasteiger partial charge in [-0.15, -0.1) is 12.4 Å². The number of halogens is 2. The first-order valence-corrected chi connectivity index (χ1v) is 6.44. The molecule has 0 aromatic heterocycles. The number of nitrogens with zero attached hydrogens (tertiary/aromatic N) is 1. The average molecular weight is 284 g/mol. The molecule has 0 saturated heterocycles. The summed E-state index contributed by atoms with van der Waals surface area (Å²) < 4.78 is 10.2. The summed E-state index contributed by atoms with van der Waals surface area (Å²) >= 11 is 0. The van der Waals surface area contributed by atoms with Gasteiger partial charge in [-0.1, -0.05) is 0 Å². The average Bonchev–Trinajstić information content (AvgIpc) is 2.07. The molecule has 0 saturated carbocycles. The van der Waals surface area contributed by atoms with Crippen molar-refractivity contribution < 1.29 is 28.4 Å². The van der Waals surface area contributed by atoms with E-state index >= 15 is 0 Å². The third-order valence-electron chi connectivity index (χ3n) is 2.68. The van der Waals surface area contributed by atoms with Gasteiger partial charge in [0.2, 0.25) is 0 Å². The fraction of sp³-hybridized carbons (Fsp3) is 1.00. The van der Waals surface area contributed by atoms with Crippen LogP contribution in [0.1, 0.15) is 27.7 Å². The van der Waals surface area contributed by atoms with E-state index in [-0.39, 0.29) is 17.1 Å². The van der Waals surface area contributed by atoms with Gasteiger partial charge in [-0.3, -0.25) is 0 Å². The summed E-state index contributed by atoms with van der Waals surface area (Å²) in [4.78, 5) is 21.6. The summed E-state index contributed by atoms with van der Waals surface area (Å²) in [5, 5.41) is 0. The Kier molecular flexibility index (Phi) is 18.5. The van der Waals surface area contributed by atoms with E-state index in [0.29, 0.717) is 0 Å². The molecule has 5 nitrogen and oxygen atoms in total. The van der Waals surface area contributed by atoms with Gasteiger partial charge in [-0.2, -0.15) is 0 Å². The Morgan fingerprint density at radius 2 is 1.00 bits per heavy atom. The minimum absolute atomic E-state index is 0. The summed E-state index contributed by atoms with van der Waals surface area (Å²) in [6.07, 6.45) is 0. The summed E-state index contributed by atoms with van der Waals surface area (Å²) in [6, 6.07) is 0. The van der Waals surface area contributed by atoms with E-state index in [9.17, 15) is 0 Å². The van der Waals surface area contributed by atoms with Crippen LogP contribution in [0.3, 0.4) is 0 Å². The number of hydrogen-bond donors (Lipinski definition) is 3. The van der Waals surface area contributed by atoms with Crippen molar-refractivity contribution in [1.82, 2.24) is 0 Å². The first kappa shape index (κ1) is 25.2. The van der Waals surface area contributed by atoms with Crippen molar-refractivity contribution in [2.45, 2.75) is 27.7 Å². The number of hydrogen-bond acceptors (Lipinski definition) is 1. The molecule has 8 heteroatoms. The van der Waals surface area contributed by atoms with Crippen LogP contribution in [-0.2, 0) is 4.57 Å². The van der Waals surface area contributed by atoms with Crippen LogP contribution in [0.25, 0.3) is 0 Å². The summed E-state index contributed by atoms with van der Waals surface area (Å²) in [5.41, 5.74) is 0. The van der Waals surface area contributed by atoms with Gasteiger partial charge >= 0.3 is 7.82 Å². The Hall–Kier alpha value is 0.290. The highest BCUT2D eigenvalue weighted by atomic mass is 35.5. The molecule has 0 rings (SSSR count). The second kappa shape index (κ2) is 11.8. The lowest BCUT2D eigenvalue weighted by Gasteiger charge is -2.34. The molecule has 0 aromatic carbocycles. The number of quaternary nitrogens is 1. The van der Waals surface area contributed by atoms with E-state index in [0.717, 1.165) is 0 Å². The predicted octanol–water partition coefficient (Wildman–Crippen LogP) is -1.62. The molecular weight excluding hydrogens is 260 g/mol. The van der Waals surface area contributed by atoms with E-state index in [2.05, 4.69) is 27.7 Å². The Morgan fingerprint density at radius 1 is 0.875 bits per heavy atom. The lowest BCUT2D eigenvalue weighted by atomic mass is 10.3. The maximum atomic E-state index is 8.88. The molecule has 3 N–H and O–H groups in total. The molecule has 0 radical (unpaired) electrons. The highest BCUT2D eigenvalue weighted by molar-refractivity contribution is 7.45. The first-order chi connectivity index (χ1) is 6.24. The Bertz CT molecular complexity index is 161. The van der Waals surface area contributed by atoms with Crippen LogP contribution in [0.4, 0.5) is 0 Å². The molecule has 0 amide bonds. The highest BCUT2D eigenvalue weighted by Gasteiger charge is 2.16. The van der Waals surface area contributed by atoms with Gasteiger partial charge in [0.05, 0.1) is 26.2 Å². The highest BCUT2D eigenvalue weighted by Crippen LogP contribution is 2.25. The van der Waals surface area contributed by atoms with Crippen molar-refractivity contribution in [2.75, 3.05) is 26.2 Å². The molecule has 0 fully saturated rings. The number of phosphoric acid groups is 1. The molecule has 0 unspecified atom stereocenters. The van der Waals surface area contributed by atoms with Gasteiger partial charge in [-0.05, 0) is 27.7 Å². The second-order valence-corrected chi connectivity index (χ2v) is 4.15. The smallest absolute Gasteiger partial charge is 0.466 e. The maximum Gasteiger partial charge on any atom is 0.466 e. The van der Waals surface area contributed by atoms with Crippen molar-refractivity contribution in [3.63, 3.8) is 0 Å². The standard InChI is InChI=1S/C8H20N.ClH.FH.H3O4P/c1-5-9(6-2,7-3)8-4;;;1-5(2,3)4/h5-8H2,1-4H3;2*1H;(H3,1,2,3,4)/q+1;;;/p-1. The van der Waals surface area contributed by atoms with E-state index in [1.807, 2.05) is 0 Å². The summed E-state index contributed by atoms with van der Waals surface area (Å²) in [6.45, 7) is 14.2. The molecule has 0 spiro atoms. The Labute approximate surface area is 103 Å². The molecule has 16 heavy (non-hydrogen) atoms. The second-order valence-electron chi connectivity index (χ2n) is 3.12. The third kappa shape index (κ3) is 16.7. The fourth-order valence-corrected chi connectivity index (χ4v) is 1.34. The molecule has 0 aromatic rings. The third-order valence-corrected chi connectivity index (χ3v) is 2.68. The largest absolute Gasteiger partial charge is 1.00 e. The fourth-order valence-electron chi connectivity index (χ4n) is 1.34. The lowest BCUT2D eigenvalue weighted by Crippen LogP contribution is -3.00. The van der Waals surface area contributed by atoms with Crippen LogP contribution in [-0.4, -0.2) is 45.3 Å². The maximum absolute atomic E-state index is 8.88. The van der Waals surface area contributed by atoms with Crippen LogP contribution in [0.5, 0.6) is 0 Å². The monoisotopic (exact) mass is 283 g/mol. The van der Waals surface area contributed by atoms with Crippen molar-refractivity contribution >= 4 is 20.2 Å². The first-order valence-electron chi connectivity index (χ1n) is 4.88. The van der Waals surface area contributed by atoms with Crippen LogP contribution < -0.4 is 4.70 Å². The zero-order chi connectivity index (χ0) is 11.8. The molecule has 0 aliphatic carbocycles. The van der Waals surface area contributed by atoms with Crippen LogP contribution in [0.15, 0.2) is 0 Å². The van der Waals surface area contributed by atoms with Gasteiger partial charge in [-0.25, -0.2) is 4.57 Å². The normalized spacial score (nSPS) is 10.4. The summed E-state index contributed by atoms with van der Waals surface area (Å²) in [7, 11) is -4.64. The molecular formula is C8H24ClFNO4P. The number of rotatable bonds is 4. The van der Waals surface area contributed by atoms with Gasteiger partial charge < -0.3 is 23.9 Å². The Balaban J connectivity index is -0.0000000904. The molecule has 0 bridgehead atoms. The Morgan fingerprint density at radius 3 is 1.00 bits per heavy atom. The van der Waals surface area contributed by atoms with Crippen molar-refractivity contribution in [3.05, 3.63) is 0 Å². The minimum Gasteiger partial charge on any atom is -1.00 e. The zero-order valence-electron chi connectivity index (χ0n) is 10.3. The molecule has 0 aliphatic rings. The van der Waals surface area contributed by atoms with Gasteiger partial charge in [0, 0.05) is 0 Å². The SMILES string of the molecule is CC[N+](CC)(CC)CC.Cl.O=P(O)(O)O.[F-]. The molecule has 104 valence electrons. The predicted molar refractivity (Wildman–Crippen MR) is 63.9 cm³/mol. The quantitative estimate of drug-likeness (QED) is 0.428. The van der Waals surface area contributed by atoms with E-state index < -0.39 is 7.82 Å². The van der Waals surface area contributed by atoms with Crippen molar-refractivity contribution in [1.29, 1.82) is 0 Å². The van der Waals surface area contributed by atoms with Crippen LogP contribution in [0, 0.1) is 0 Å². The minimum atomic E-state index is -4.64. The van der Waals surface area contributed by atoms with Gasteiger partial charge in [0.25, 0.3) is 0 Å². The molecule has 0 heterocycles. The van der Waals surface area contributed by atoms with Crippen molar-refractivity contribution in [3.8, 4) is 0 Å². The lowest BCUT2D eigenvalue weighted by molar-refractivity contribution is -0.921. The van der Waals surface area contributed by atoms with Crippen LogP contribution >= 0.6 is 20.2 Å². The van der Waals surface area contributed by atoms with E-state index in [4.69, 9.17) is 19.2 Å². The summed E-state index contributed by atoms with van der Waals surface area (Å²) in [5.74, 6) is 0. The van der Waals surface area contributed by atoms with Crippen molar-refractivity contribution in [2.24, 2.45) is 0 Å². The van der Waals surface area contributed by atoms with E-state index in [1.54, 1.807) is 0 Å². The van der Waals surface area contributed by atoms with Gasteiger partial charge in [0.15, 0.2) is 0 Å². The van der Waals surface area contributed by atoms with Crippen LogP contribution in [0.2, 0.25) is 0 Å². The topological polar surface area (TPSA) is 77.8 Å². The van der Waals surface area contributed by atoms with Gasteiger partial charge in [0.1, 0.15) is 0 Å². The molecule has 0 atom stereocenters.